The molecule has 0 amide bonds. The van der Waals surface area contributed by atoms with E-state index in [4.69, 9.17) is 10.5 Å². The van der Waals surface area contributed by atoms with Gasteiger partial charge in [-0.05, 0) is 25.0 Å². The molecule has 2 N–H and O–H groups in total. The van der Waals surface area contributed by atoms with Crippen LogP contribution >= 0.6 is 0 Å². The number of alkyl halides is 2. The smallest absolute Gasteiger partial charge is 0.387 e. The van der Waals surface area contributed by atoms with Crippen LogP contribution in [-0.4, -0.2) is 18.8 Å². The van der Waals surface area contributed by atoms with Crippen LogP contribution in [0.4, 0.5) is 13.2 Å². The van der Waals surface area contributed by atoms with Crippen molar-refractivity contribution in [2.24, 2.45) is 5.73 Å². The average molecular weight is 247 g/mol. The lowest BCUT2D eigenvalue weighted by Gasteiger charge is -2.32. The fourth-order valence-electron chi connectivity index (χ4n) is 1.64. The zero-order chi connectivity index (χ0) is 12.4. The Balaban J connectivity index is 2.02. The predicted molar refractivity (Wildman–Crippen MR) is 54.7 cm³/mol. The molecule has 0 aliphatic heterocycles. The Bertz CT molecular complexity index is 394. The first-order chi connectivity index (χ1) is 8.04. The monoisotopic (exact) mass is 247 g/mol. The number of nitrogens with two attached hydrogens (primary N) is 1. The number of hydrogen-bond donors (Lipinski definition) is 1. The summed E-state index contributed by atoms with van der Waals surface area (Å²) >= 11 is 0. The molecule has 0 unspecified atom stereocenters. The Kier molecular flexibility index (Phi) is 3.42. The van der Waals surface area contributed by atoms with Gasteiger partial charge in [-0.25, -0.2) is 4.39 Å². The molecule has 6 heteroatoms. The lowest BCUT2D eigenvalue weighted by Crippen LogP contribution is -2.43. The van der Waals surface area contributed by atoms with Crippen molar-refractivity contribution in [1.82, 2.24) is 0 Å². The first-order valence-electron chi connectivity index (χ1n) is 5.21. The highest BCUT2D eigenvalue weighted by Gasteiger charge is 2.27. The lowest BCUT2D eigenvalue weighted by molar-refractivity contribution is -0.0523. The molecule has 1 saturated carbocycles. The SMILES string of the molecule is N[C@H]1C[C@H](Oc2ccc(F)c(OC(F)F)c2)C1. The second kappa shape index (κ2) is 4.83. The maximum atomic E-state index is 13.1. The first kappa shape index (κ1) is 12.0. The molecular formula is C11H12F3NO2. The summed E-state index contributed by atoms with van der Waals surface area (Å²) in [7, 11) is 0. The van der Waals surface area contributed by atoms with Crippen LogP contribution in [0.25, 0.3) is 0 Å². The highest BCUT2D eigenvalue weighted by molar-refractivity contribution is 5.34. The Labute approximate surface area is 96.3 Å². The third-order valence-corrected chi connectivity index (χ3v) is 2.55. The third kappa shape index (κ3) is 3.03. The van der Waals surface area contributed by atoms with Crippen molar-refractivity contribution in [3.8, 4) is 11.5 Å². The molecule has 0 spiro atoms. The van der Waals surface area contributed by atoms with Gasteiger partial charge in [-0.2, -0.15) is 8.78 Å². The van der Waals surface area contributed by atoms with E-state index >= 15 is 0 Å². The minimum absolute atomic E-state index is 0.0325. The molecule has 1 fully saturated rings. The quantitative estimate of drug-likeness (QED) is 0.887. The minimum atomic E-state index is -3.06. The molecule has 0 radical (unpaired) electrons. The van der Waals surface area contributed by atoms with Crippen molar-refractivity contribution in [1.29, 1.82) is 0 Å². The van der Waals surface area contributed by atoms with E-state index in [0.717, 1.165) is 12.1 Å². The number of benzene rings is 1. The molecule has 17 heavy (non-hydrogen) atoms. The summed E-state index contributed by atoms with van der Waals surface area (Å²) in [5.74, 6) is -1.05. The summed E-state index contributed by atoms with van der Waals surface area (Å²) in [6, 6.07) is 3.64. The number of hydrogen-bond acceptors (Lipinski definition) is 3. The Morgan fingerprint density at radius 2 is 2.00 bits per heavy atom. The van der Waals surface area contributed by atoms with Crippen molar-refractivity contribution < 1.29 is 22.6 Å². The Morgan fingerprint density at radius 1 is 1.29 bits per heavy atom. The van der Waals surface area contributed by atoms with Gasteiger partial charge in [0.05, 0.1) is 0 Å². The van der Waals surface area contributed by atoms with Crippen molar-refractivity contribution >= 4 is 0 Å². The third-order valence-electron chi connectivity index (χ3n) is 2.55. The summed E-state index contributed by atoms with van der Waals surface area (Å²) in [5.41, 5.74) is 5.58. The molecule has 1 aliphatic carbocycles. The molecule has 0 bridgehead atoms. The maximum absolute atomic E-state index is 13.1. The largest absolute Gasteiger partial charge is 0.490 e. The van der Waals surface area contributed by atoms with Crippen LogP contribution in [0.2, 0.25) is 0 Å². The van der Waals surface area contributed by atoms with Crippen LogP contribution in [0.15, 0.2) is 18.2 Å². The molecule has 0 heterocycles. The van der Waals surface area contributed by atoms with E-state index in [9.17, 15) is 13.2 Å². The fraction of sp³-hybridized carbons (Fsp3) is 0.455. The normalized spacial score (nSPS) is 23.4. The first-order valence-corrected chi connectivity index (χ1v) is 5.21. The summed E-state index contributed by atoms with van der Waals surface area (Å²) in [5, 5.41) is 0. The summed E-state index contributed by atoms with van der Waals surface area (Å²) in [6.07, 6.45) is 1.39. The average Bonchev–Trinajstić information content (AvgIpc) is 2.20. The Hall–Kier alpha value is -1.43. The topological polar surface area (TPSA) is 44.5 Å². The predicted octanol–water partition coefficient (Wildman–Crippen LogP) is 2.30. The van der Waals surface area contributed by atoms with Crippen molar-refractivity contribution in [2.75, 3.05) is 0 Å². The summed E-state index contributed by atoms with van der Waals surface area (Å²) in [6.45, 7) is -3.06. The van der Waals surface area contributed by atoms with Gasteiger partial charge in [-0.1, -0.05) is 0 Å². The van der Waals surface area contributed by atoms with Crippen LogP contribution in [0.5, 0.6) is 11.5 Å². The zero-order valence-corrected chi connectivity index (χ0v) is 8.91. The lowest BCUT2D eigenvalue weighted by atomic mass is 9.90. The van der Waals surface area contributed by atoms with Crippen LogP contribution in [0.1, 0.15) is 12.8 Å². The molecule has 0 atom stereocenters. The van der Waals surface area contributed by atoms with Gasteiger partial charge in [0, 0.05) is 12.1 Å². The second-order valence-corrected chi connectivity index (χ2v) is 3.94. The number of halogens is 3. The molecule has 1 aromatic carbocycles. The van der Waals surface area contributed by atoms with Gasteiger partial charge in [0.2, 0.25) is 0 Å². The molecule has 2 rings (SSSR count). The van der Waals surface area contributed by atoms with E-state index in [2.05, 4.69) is 4.74 Å². The second-order valence-electron chi connectivity index (χ2n) is 3.94. The highest BCUT2D eigenvalue weighted by Crippen LogP contribution is 2.29. The van der Waals surface area contributed by atoms with Gasteiger partial charge in [0.1, 0.15) is 11.9 Å². The van der Waals surface area contributed by atoms with E-state index in [-0.39, 0.29) is 12.1 Å². The minimum Gasteiger partial charge on any atom is -0.490 e. The van der Waals surface area contributed by atoms with Gasteiger partial charge in [-0.3, -0.25) is 0 Å². The van der Waals surface area contributed by atoms with Gasteiger partial charge in [0.25, 0.3) is 0 Å². The van der Waals surface area contributed by atoms with E-state index in [1.54, 1.807) is 0 Å². The van der Waals surface area contributed by atoms with Gasteiger partial charge < -0.3 is 15.2 Å². The van der Waals surface area contributed by atoms with Gasteiger partial charge in [0.15, 0.2) is 11.6 Å². The van der Waals surface area contributed by atoms with E-state index in [0.29, 0.717) is 18.6 Å². The fourth-order valence-corrected chi connectivity index (χ4v) is 1.64. The molecule has 0 aromatic heterocycles. The van der Waals surface area contributed by atoms with Gasteiger partial charge >= 0.3 is 6.61 Å². The highest BCUT2D eigenvalue weighted by atomic mass is 19.3. The molecular weight excluding hydrogens is 235 g/mol. The number of rotatable bonds is 4. The Morgan fingerprint density at radius 3 is 2.59 bits per heavy atom. The standard InChI is InChI=1S/C11H12F3NO2/c12-9-2-1-7(5-10(9)17-11(13)14)16-8-3-6(15)4-8/h1-2,5-6,8,11H,3-4,15H2/t6-,8-. The zero-order valence-electron chi connectivity index (χ0n) is 8.91. The van der Waals surface area contributed by atoms with Crippen LogP contribution < -0.4 is 15.2 Å². The molecule has 3 nitrogen and oxygen atoms in total. The van der Waals surface area contributed by atoms with Crippen molar-refractivity contribution in [3.63, 3.8) is 0 Å². The summed E-state index contributed by atoms with van der Waals surface area (Å²) in [4.78, 5) is 0. The van der Waals surface area contributed by atoms with Crippen LogP contribution in [-0.2, 0) is 0 Å². The van der Waals surface area contributed by atoms with Crippen molar-refractivity contribution in [3.05, 3.63) is 24.0 Å². The molecule has 0 saturated heterocycles. The molecule has 94 valence electrons. The van der Waals surface area contributed by atoms with E-state index < -0.39 is 18.2 Å². The maximum Gasteiger partial charge on any atom is 0.387 e. The molecule has 1 aromatic rings. The number of ether oxygens (including phenoxy) is 2. The van der Waals surface area contributed by atoms with E-state index in [1.807, 2.05) is 0 Å². The summed E-state index contributed by atoms with van der Waals surface area (Å²) < 4.78 is 46.5. The van der Waals surface area contributed by atoms with E-state index in [1.165, 1.54) is 6.07 Å². The van der Waals surface area contributed by atoms with Gasteiger partial charge in [-0.15, -0.1) is 0 Å². The molecule has 1 aliphatic rings. The van der Waals surface area contributed by atoms with Crippen molar-refractivity contribution in [2.45, 2.75) is 31.6 Å². The van der Waals surface area contributed by atoms with Crippen LogP contribution in [0.3, 0.4) is 0 Å². The van der Waals surface area contributed by atoms with Crippen LogP contribution in [0, 0.1) is 5.82 Å².